The molecule has 0 amide bonds. The fourth-order valence-electron chi connectivity index (χ4n) is 2.65. The van der Waals surface area contributed by atoms with Crippen molar-refractivity contribution in [2.45, 2.75) is 26.3 Å². The lowest BCUT2D eigenvalue weighted by atomic mass is 9.87. The van der Waals surface area contributed by atoms with E-state index in [1.54, 1.807) is 0 Å². The van der Waals surface area contributed by atoms with Gasteiger partial charge in [-0.25, -0.2) is 0 Å². The quantitative estimate of drug-likeness (QED) is 0.869. The SMILES string of the molecule is CC1CCN(C(CN)c2cccnc2)CC1C. The van der Waals surface area contributed by atoms with Crippen LogP contribution in [0.25, 0.3) is 0 Å². The fourth-order valence-corrected chi connectivity index (χ4v) is 2.65. The monoisotopic (exact) mass is 233 g/mol. The molecule has 94 valence electrons. The third-order valence-electron chi connectivity index (χ3n) is 4.10. The minimum Gasteiger partial charge on any atom is -0.329 e. The summed E-state index contributed by atoms with van der Waals surface area (Å²) in [6.07, 6.45) is 5.04. The number of nitrogens with zero attached hydrogens (tertiary/aromatic N) is 2. The molecule has 1 aliphatic heterocycles. The molecule has 0 radical (unpaired) electrons. The second kappa shape index (κ2) is 5.61. The number of hydrogen-bond donors (Lipinski definition) is 1. The van der Waals surface area contributed by atoms with Gasteiger partial charge in [0, 0.05) is 31.5 Å². The van der Waals surface area contributed by atoms with Crippen molar-refractivity contribution in [3.63, 3.8) is 0 Å². The number of pyridine rings is 1. The molecule has 1 aromatic rings. The normalized spacial score (nSPS) is 27.9. The maximum atomic E-state index is 5.95. The number of likely N-dealkylation sites (tertiary alicyclic amines) is 1. The van der Waals surface area contributed by atoms with Crippen LogP contribution in [0.15, 0.2) is 24.5 Å². The molecular formula is C14H23N3. The molecule has 1 fully saturated rings. The highest BCUT2D eigenvalue weighted by atomic mass is 15.2. The molecule has 1 aliphatic rings. The lowest BCUT2D eigenvalue weighted by Crippen LogP contribution is -2.43. The van der Waals surface area contributed by atoms with Gasteiger partial charge in [-0.3, -0.25) is 9.88 Å². The lowest BCUT2D eigenvalue weighted by molar-refractivity contribution is 0.0981. The maximum absolute atomic E-state index is 5.95. The molecule has 2 rings (SSSR count). The Balaban J connectivity index is 2.09. The Morgan fingerprint density at radius 3 is 2.88 bits per heavy atom. The zero-order valence-corrected chi connectivity index (χ0v) is 10.8. The Hall–Kier alpha value is -0.930. The molecule has 0 saturated carbocycles. The van der Waals surface area contributed by atoms with Gasteiger partial charge in [-0.15, -0.1) is 0 Å². The molecule has 2 heterocycles. The van der Waals surface area contributed by atoms with E-state index in [-0.39, 0.29) is 0 Å². The summed E-state index contributed by atoms with van der Waals surface area (Å²) in [5.41, 5.74) is 7.19. The minimum atomic E-state index is 0.332. The van der Waals surface area contributed by atoms with Crippen LogP contribution in [0.4, 0.5) is 0 Å². The fraction of sp³-hybridized carbons (Fsp3) is 0.643. The predicted molar refractivity (Wildman–Crippen MR) is 70.6 cm³/mol. The topological polar surface area (TPSA) is 42.1 Å². The van der Waals surface area contributed by atoms with Gasteiger partial charge in [0.15, 0.2) is 0 Å². The molecular weight excluding hydrogens is 210 g/mol. The molecule has 0 bridgehead atoms. The van der Waals surface area contributed by atoms with Gasteiger partial charge in [-0.2, -0.15) is 0 Å². The summed E-state index contributed by atoms with van der Waals surface area (Å²) in [4.78, 5) is 6.72. The Labute approximate surface area is 104 Å². The van der Waals surface area contributed by atoms with Gasteiger partial charge in [-0.1, -0.05) is 19.9 Å². The van der Waals surface area contributed by atoms with Crippen LogP contribution in [0.2, 0.25) is 0 Å². The summed E-state index contributed by atoms with van der Waals surface area (Å²) in [6.45, 7) is 7.67. The van der Waals surface area contributed by atoms with E-state index < -0.39 is 0 Å². The van der Waals surface area contributed by atoms with E-state index >= 15 is 0 Å². The summed E-state index contributed by atoms with van der Waals surface area (Å²) in [6, 6.07) is 4.46. The van der Waals surface area contributed by atoms with Crippen molar-refractivity contribution in [1.82, 2.24) is 9.88 Å². The second-order valence-electron chi connectivity index (χ2n) is 5.28. The van der Waals surface area contributed by atoms with Gasteiger partial charge in [0.2, 0.25) is 0 Å². The summed E-state index contributed by atoms with van der Waals surface area (Å²) < 4.78 is 0. The highest BCUT2D eigenvalue weighted by Gasteiger charge is 2.27. The van der Waals surface area contributed by atoms with Gasteiger partial charge in [0.05, 0.1) is 0 Å². The van der Waals surface area contributed by atoms with Crippen molar-refractivity contribution in [1.29, 1.82) is 0 Å². The van der Waals surface area contributed by atoms with Crippen molar-refractivity contribution in [2.75, 3.05) is 19.6 Å². The van der Waals surface area contributed by atoms with Crippen LogP contribution in [0.3, 0.4) is 0 Å². The molecule has 3 heteroatoms. The van der Waals surface area contributed by atoms with Crippen LogP contribution in [-0.4, -0.2) is 29.5 Å². The molecule has 0 spiro atoms. The average Bonchev–Trinajstić information content (AvgIpc) is 2.36. The van der Waals surface area contributed by atoms with Crippen molar-refractivity contribution < 1.29 is 0 Å². The molecule has 3 unspecified atom stereocenters. The third kappa shape index (κ3) is 2.85. The van der Waals surface area contributed by atoms with E-state index in [0.717, 1.165) is 24.9 Å². The minimum absolute atomic E-state index is 0.332. The number of aromatic nitrogens is 1. The van der Waals surface area contributed by atoms with E-state index in [4.69, 9.17) is 5.73 Å². The first-order chi connectivity index (χ1) is 8.22. The van der Waals surface area contributed by atoms with Crippen LogP contribution >= 0.6 is 0 Å². The Morgan fingerprint density at radius 1 is 1.47 bits per heavy atom. The molecule has 3 atom stereocenters. The molecule has 0 aliphatic carbocycles. The van der Waals surface area contributed by atoms with Crippen LogP contribution in [0.5, 0.6) is 0 Å². The standard InChI is InChI=1S/C14H23N3/c1-11-5-7-17(10-12(11)2)14(8-15)13-4-3-6-16-9-13/h3-4,6,9,11-12,14H,5,7-8,10,15H2,1-2H3. The maximum Gasteiger partial charge on any atom is 0.0485 e. The Morgan fingerprint density at radius 2 is 2.29 bits per heavy atom. The van der Waals surface area contributed by atoms with E-state index in [2.05, 4.69) is 29.8 Å². The number of rotatable bonds is 3. The summed E-state index contributed by atoms with van der Waals surface area (Å²) in [5.74, 6) is 1.59. The van der Waals surface area contributed by atoms with Gasteiger partial charge in [-0.05, 0) is 36.4 Å². The molecule has 1 aromatic heterocycles. The number of piperidine rings is 1. The van der Waals surface area contributed by atoms with Gasteiger partial charge in [0.25, 0.3) is 0 Å². The van der Waals surface area contributed by atoms with Gasteiger partial charge >= 0.3 is 0 Å². The Kier molecular flexibility index (Phi) is 4.13. The van der Waals surface area contributed by atoms with Crippen LogP contribution in [0, 0.1) is 11.8 Å². The molecule has 17 heavy (non-hydrogen) atoms. The molecule has 2 N–H and O–H groups in total. The van der Waals surface area contributed by atoms with Crippen LogP contribution < -0.4 is 5.73 Å². The van der Waals surface area contributed by atoms with E-state index in [1.165, 1.54) is 12.0 Å². The summed E-state index contributed by atoms with van der Waals surface area (Å²) in [5, 5.41) is 0. The molecule has 1 saturated heterocycles. The van der Waals surface area contributed by atoms with Crippen LogP contribution in [-0.2, 0) is 0 Å². The van der Waals surface area contributed by atoms with Crippen molar-refractivity contribution in [2.24, 2.45) is 17.6 Å². The lowest BCUT2D eigenvalue weighted by Gasteiger charge is -2.39. The zero-order chi connectivity index (χ0) is 12.3. The Bertz CT molecular complexity index is 339. The average molecular weight is 233 g/mol. The molecule has 0 aromatic carbocycles. The van der Waals surface area contributed by atoms with Crippen molar-refractivity contribution in [3.05, 3.63) is 30.1 Å². The van der Waals surface area contributed by atoms with E-state index in [0.29, 0.717) is 12.6 Å². The largest absolute Gasteiger partial charge is 0.329 e. The third-order valence-corrected chi connectivity index (χ3v) is 4.10. The van der Waals surface area contributed by atoms with Crippen molar-refractivity contribution >= 4 is 0 Å². The summed E-state index contributed by atoms with van der Waals surface area (Å²) >= 11 is 0. The van der Waals surface area contributed by atoms with Crippen LogP contribution in [0.1, 0.15) is 31.9 Å². The first-order valence-corrected chi connectivity index (χ1v) is 6.56. The van der Waals surface area contributed by atoms with Crippen molar-refractivity contribution in [3.8, 4) is 0 Å². The predicted octanol–water partition coefficient (Wildman–Crippen LogP) is 2.06. The number of hydrogen-bond acceptors (Lipinski definition) is 3. The smallest absolute Gasteiger partial charge is 0.0485 e. The highest BCUT2D eigenvalue weighted by molar-refractivity contribution is 5.14. The summed E-state index contributed by atoms with van der Waals surface area (Å²) in [7, 11) is 0. The van der Waals surface area contributed by atoms with E-state index in [9.17, 15) is 0 Å². The first-order valence-electron chi connectivity index (χ1n) is 6.56. The second-order valence-corrected chi connectivity index (χ2v) is 5.28. The first kappa shape index (κ1) is 12.5. The number of nitrogens with two attached hydrogens (primary N) is 1. The van der Waals surface area contributed by atoms with Gasteiger partial charge < -0.3 is 5.73 Å². The highest BCUT2D eigenvalue weighted by Crippen LogP contribution is 2.28. The van der Waals surface area contributed by atoms with E-state index in [1.807, 2.05) is 18.5 Å². The zero-order valence-electron chi connectivity index (χ0n) is 10.8. The van der Waals surface area contributed by atoms with Gasteiger partial charge in [0.1, 0.15) is 0 Å². The molecule has 3 nitrogen and oxygen atoms in total.